The maximum absolute atomic E-state index is 6.37. The Morgan fingerprint density at radius 1 is 1.71 bits per heavy atom. The van der Waals surface area contributed by atoms with Gasteiger partial charge in [0.15, 0.2) is 0 Å². The van der Waals surface area contributed by atoms with Gasteiger partial charge >= 0.3 is 0 Å². The van der Waals surface area contributed by atoms with E-state index in [2.05, 4.69) is 10.2 Å². The van der Waals surface area contributed by atoms with Crippen LogP contribution in [0.2, 0.25) is 0 Å². The van der Waals surface area contributed by atoms with Gasteiger partial charge in [-0.2, -0.15) is 5.53 Å². The molecule has 0 aliphatic rings. The van der Waals surface area contributed by atoms with Crippen LogP contribution < -0.4 is 0 Å². The summed E-state index contributed by atoms with van der Waals surface area (Å²) in [5, 5.41) is 4.32. The summed E-state index contributed by atoms with van der Waals surface area (Å²) >= 11 is 0. The second kappa shape index (κ2) is 3.27. The van der Waals surface area contributed by atoms with Gasteiger partial charge in [-0.3, -0.25) is 4.99 Å². The summed E-state index contributed by atoms with van der Waals surface area (Å²) in [5.74, 6) is 0. The van der Waals surface area contributed by atoms with Gasteiger partial charge in [0, 0.05) is 14.1 Å². The van der Waals surface area contributed by atoms with Gasteiger partial charge in [-0.15, -0.1) is 0 Å². The Morgan fingerprint density at radius 2 is 2.29 bits per heavy atom. The lowest BCUT2D eigenvalue weighted by Crippen LogP contribution is -2.04. The van der Waals surface area contributed by atoms with Crippen molar-refractivity contribution in [2.45, 2.75) is 0 Å². The number of aliphatic imine (C=N–C) groups is 1. The molecule has 0 amide bonds. The molecular formula is C3H8N4. The standard InChI is InChI=1S/C3H8N4/c1-5-3-7(2)6-4/h3-4H,1-2H3. The molecule has 1 N–H and O–H groups in total. The Labute approximate surface area is 42.3 Å². The van der Waals surface area contributed by atoms with Crippen LogP contribution in [0.3, 0.4) is 0 Å². The van der Waals surface area contributed by atoms with Crippen LogP contribution in [0.1, 0.15) is 0 Å². The van der Waals surface area contributed by atoms with E-state index < -0.39 is 0 Å². The van der Waals surface area contributed by atoms with Crippen molar-refractivity contribution in [3.8, 4) is 0 Å². The van der Waals surface area contributed by atoms with Crippen LogP contribution in [0.5, 0.6) is 0 Å². The molecule has 0 rings (SSSR count). The van der Waals surface area contributed by atoms with Gasteiger partial charge in [0.2, 0.25) is 0 Å². The summed E-state index contributed by atoms with van der Waals surface area (Å²) in [7, 11) is 3.27. The van der Waals surface area contributed by atoms with Crippen LogP contribution in [0, 0.1) is 5.53 Å². The minimum Gasteiger partial charge on any atom is -0.277 e. The number of rotatable bonds is 2. The summed E-state index contributed by atoms with van der Waals surface area (Å²) in [6, 6.07) is 0. The maximum Gasteiger partial charge on any atom is 0.107 e. The van der Waals surface area contributed by atoms with Crippen LogP contribution in [-0.2, 0) is 0 Å². The van der Waals surface area contributed by atoms with Crippen LogP contribution in [-0.4, -0.2) is 25.4 Å². The molecule has 0 aromatic carbocycles. The highest BCUT2D eigenvalue weighted by atomic mass is 15.5. The molecule has 0 heterocycles. The van der Waals surface area contributed by atoms with Gasteiger partial charge in [0.05, 0.1) is 0 Å². The Bertz CT molecular complexity index is 77.0. The zero-order valence-electron chi connectivity index (χ0n) is 4.42. The fourth-order valence-corrected chi connectivity index (χ4v) is 0.193. The van der Waals surface area contributed by atoms with Crippen molar-refractivity contribution in [3.05, 3.63) is 0 Å². The molecule has 0 aromatic rings. The van der Waals surface area contributed by atoms with E-state index in [1.165, 1.54) is 11.3 Å². The maximum atomic E-state index is 6.37. The van der Waals surface area contributed by atoms with Crippen molar-refractivity contribution >= 4 is 6.34 Å². The summed E-state index contributed by atoms with van der Waals surface area (Å²) in [6.45, 7) is 0. The molecule has 0 radical (unpaired) electrons. The minimum absolute atomic E-state index is 1.31. The normalized spacial score (nSPS) is 9.43. The molecule has 0 aliphatic carbocycles. The average Bonchev–Trinajstić information content (AvgIpc) is 1.68. The molecule has 0 fully saturated rings. The molecule has 0 saturated carbocycles. The highest BCUT2D eigenvalue weighted by Crippen LogP contribution is 1.71. The highest BCUT2D eigenvalue weighted by molar-refractivity contribution is 5.53. The average molecular weight is 100 g/mol. The monoisotopic (exact) mass is 100 g/mol. The van der Waals surface area contributed by atoms with Crippen LogP contribution >= 0.6 is 0 Å². The van der Waals surface area contributed by atoms with E-state index in [0.29, 0.717) is 0 Å². The second-order valence-corrected chi connectivity index (χ2v) is 1.05. The molecule has 0 atom stereocenters. The lowest BCUT2D eigenvalue weighted by molar-refractivity contribution is 0.502. The lowest BCUT2D eigenvalue weighted by Gasteiger charge is -1.97. The quantitative estimate of drug-likeness (QED) is 0.234. The SMILES string of the molecule is CN=CN(C)N=N. The van der Waals surface area contributed by atoms with Gasteiger partial charge < -0.3 is 0 Å². The van der Waals surface area contributed by atoms with E-state index in [9.17, 15) is 0 Å². The molecule has 0 spiro atoms. The first-order chi connectivity index (χ1) is 3.31. The fraction of sp³-hybridized carbons (Fsp3) is 0.667. The topological polar surface area (TPSA) is 51.8 Å². The van der Waals surface area contributed by atoms with Crippen molar-refractivity contribution in [2.24, 2.45) is 10.2 Å². The zero-order valence-corrected chi connectivity index (χ0v) is 4.42. The molecule has 7 heavy (non-hydrogen) atoms. The molecule has 40 valence electrons. The van der Waals surface area contributed by atoms with E-state index in [4.69, 9.17) is 5.53 Å². The van der Waals surface area contributed by atoms with Crippen molar-refractivity contribution in [2.75, 3.05) is 14.1 Å². The van der Waals surface area contributed by atoms with Gasteiger partial charge in [-0.05, 0) is 0 Å². The van der Waals surface area contributed by atoms with Crippen molar-refractivity contribution in [1.29, 1.82) is 5.53 Å². The van der Waals surface area contributed by atoms with Crippen molar-refractivity contribution in [1.82, 2.24) is 5.01 Å². The third-order valence-electron chi connectivity index (χ3n) is 0.440. The summed E-state index contributed by atoms with van der Waals surface area (Å²) in [4.78, 5) is 3.59. The van der Waals surface area contributed by atoms with Gasteiger partial charge in [-0.1, -0.05) is 5.22 Å². The van der Waals surface area contributed by atoms with E-state index in [0.717, 1.165) is 0 Å². The lowest BCUT2D eigenvalue weighted by atomic mass is 11.1. The number of nitrogens with one attached hydrogen (secondary N) is 1. The second-order valence-electron chi connectivity index (χ2n) is 1.05. The summed E-state index contributed by atoms with van der Waals surface area (Å²) in [6.07, 6.45) is 1.45. The third kappa shape index (κ3) is 2.88. The first kappa shape index (κ1) is 6.07. The molecule has 0 unspecified atom stereocenters. The van der Waals surface area contributed by atoms with Gasteiger partial charge in [0.25, 0.3) is 0 Å². The molecule has 0 bridgehead atoms. The van der Waals surface area contributed by atoms with Crippen molar-refractivity contribution < 1.29 is 0 Å². The number of hydrogen-bond acceptors (Lipinski definition) is 3. The molecule has 4 nitrogen and oxygen atoms in total. The Balaban J connectivity index is 3.35. The molecule has 0 aromatic heterocycles. The van der Waals surface area contributed by atoms with Crippen LogP contribution in [0.4, 0.5) is 0 Å². The van der Waals surface area contributed by atoms with Crippen LogP contribution in [0.15, 0.2) is 10.2 Å². The molecule has 0 saturated heterocycles. The van der Waals surface area contributed by atoms with Crippen LogP contribution in [0.25, 0.3) is 0 Å². The zero-order chi connectivity index (χ0) is 5.70. The van der Waals surface area contributed by atoms with Gasteiger partial charge in [-0.25, -0.2) is 5.01 Å². The highest BCUT2D eigenvalue weighted by Gasteiger charge is 1.75. The smallest absolute Gasteiger partial charge is 0.107 e. The summed E-state index contributed by atoms with van der Waals surface area (Å²) in [5.41, 5.74) is 6.37. The van der Waals surface area contributed by atoms with E-state index in [1.807, 2.05) is 0 Å². The summed E-state index contributed by atoms with van der Waals surface area (Å²) < 4.78 is 0. The predicted molar refractivity (Wildman–Crippen MR) is 27.3 cm³/mol. The van der Waals surface area contributed by atoms with E-state index >= 15 is 0 Å². The molecule has 0 aliphatic heterocycles. The minimum atomic E-state index is 1.31. The Kier molecular flexibility index (Phi) is 2.83. The largest absolute Gasteiger partial charge is 0.277 e. The number of hydrogen-bond donors (Lipinski definition) is 1. The fourth-order valence-electron chi connectivity index (χ4n) is 0.193. The molecule has 4 heteroatoms. The number of nitrogens with zero attached hydrogens (tertiary/aromatic N) is 3. The Hall–Kier alpha value is -0.930. The molecular weight excluding hydrogens is 92.1 g/mol. The van der Waals surface area contributed by atoms with Crippen molar-refractivity contribution in [3.63, 3.8) is 0 Å². The van der Waals surface area contributed by atoms with Gasteiger partial charge in [0.1, 0.15) is 6.34 Å². The van der Waals surface area contributed by atoms with E-state index in [-0.39, 0.29) is 0 Å². The third-order valence-corrected chi connectivity index (χ3v) is 0.440. The predicted octanol–water partition coefficient (Wildman–Crippen LogP) is 0.522. The van der Waals surface area contributed by atoms with E-state index in [1.54, 1.807) is 14.1 Å². The Morgan fingerprint density at radius 3 is 2.43 bits per heavy atom. The first-order valence-electron chi connectivity index (χ1n) is 1.83. The first-order valence-corrected chi connectivity index (χ1v) is 1.83.